The Kier molecular flexibility index (Phi) is 3.51. The number of aromatic amines is 1. The zero-order valence-corrected chi connectivity index (χ0v) is 10.9. The van der Waals surface area contributed by atoms with E-state index in [4.69, 9.17) is 0 Å². The first kappa shape index (κ1) is 12.4. The maximum Gasteiger partial charge on any atom is 0.330 e. The summed E-state index contributed by atoms with van der Waals surface area (Å²) in [6.07, 6.45) is 3.35. The second-order valence-electron chi connectivity index (χ2n) is 4.38. The minimum atomic E-state index is -0.320. The van der Waals surface area contributed by atoms with Crippen LogP contribution in [-0.4, -0.2) is 18.1 Å². The van der Waals surface area contributed by atoms with Gasteiger partial charge in [0.2, 0.25) is 0 Å². The Morgan fingerprint density at radius 3 is 2.83 bits per heavy atom. The van der Waals surface area contributed by atoms with Crippen molar-refractivity contribution in [1.82, 2.24) is 4.98 Å². The molecule has 1 heterocycles. The fourth-order valence-corrected chi connectivity index (χ4v) is 2.27. The third-order valence-electron chi connectivity index (χ3n) is 3.12. The summed E-state index contributed by atoms with van der Waals surface area (Å²) >= 11 is 0. The number of nitrogens with one attached hydrogen (secondary N) is 1. The number of ether oxygens (including phenoxy) is 1. The molecule has 0 bridgehead atoms. The lowest BCUT2D eigenvalue weighted by molar-refractivity contribution is -0.134. The number of aryl methyl sites for hydroxylation is 1. The molecular formula is C15H17NO2. The van der Waals surface area contributed by atoms with Crippen LogP contribution in [0.2, 0.25) is 0 Å². The molecule has 2 aromatic rings. The van der Waals surface area contributed by atoms with Gasteiger partial charge in [-0.25, -0.2) is 4.79 Å². The van der Waals surface area contributed by atoms with Crippen molar-refractivity contribution >= 4 is 16.9 Å². The number of carbonyl (C=O) groups is 1. The Bertz CT molecular complexity index is 596. The Hall–Kier alpha value is -2.03. The summed E-state index contributed by atoms with van der Waals surface area (Å²) in [4.78, 5) is 14.5. The molecule has 0 fully saturated rings. The smallest absolute Gasteiger partial charge is 0.330 e. The van der Waals surface area contributed by atoms with Gasteiger partial charge in [-0.3, -0.25) is 0 Å². The Morgan fingerprint density at radius 1 is 1.39 bits per heavy atom. The third kappa shape index (κ3) is 2.30. The van der Waals surface area contributed by atoms with E-state index in [1.54, 1.807) is 0 Å². The van der Waals surface area contributed by atoms with Crippen LogP contribution in [0.25, 0.3) is 10.9 Å². The fourth-order valence-electron chi connectivity index (χ4n) is 2.27. The normalized spacial score (nSPS) is 13.1. The maximum atomic E-state index is 11.1. The quantitative estimate of drug-likeness (QED) is 0.663. The first-order chi connectivity index (χ1) is 8.63. The van der Waals surface area contributed by atoms with Crippen LogP contribution in [0.1, 0.15) is 24.1 Å². The van der Waals surface area contributed by atoms with Gasteiger partial charge in [0.15, 0.2) is 0 Å². The molecule has 1 N–H and O–H groups in total. The summed E-state index contributed by atoms with van der Waals surface area (Å²) in [7, 11) is 1.38. The van der Waals surface area contributed by atoms with Crippen molar-refractivity contribution in [2.75, 3.05) is 7.11 Å². The van der Waals surface area contributed by atoms with Gasteiger partial charge in [-0.1, -0.05) is 31.2 Å². The number of methoxy groups -OCH3 is 1. The lowest BCUT2D eigenvalue weighted by atomic mass is 9.97. The van der Waals surface area contributed by atoms with Gasteiger partial charge in [0.25, 0.3) is 0 Å². The molecule has 0 aliphatic heterocycles. The molecular weight excluding hydrogens is 226 g/mol. The van der Waals surface area contributed by atoms with Gasteiger partial charge in [-0.15, -0.1) is 0 Å². The molecule has 3 nitrogen and oxygen atoms in total. The largest absolute Gasteiger partial charge is 0.466 e. The number of carbonyl (C=O) groups excluding carboxylic acids is 1. The van der Waals surface area contributed by atoms with E-state index < -0.39 is 0 Å². The van der Waals surface area contributed by atoms with Crippen LogP contribution < -0.4 is 0 Å². The van der Waals surface area contributed by atoms with E-state index in [0.29, 0.717) is 0 Å². The predicted octanol–water partition coefficient (Wildman–Crippen LogP) is 3.31. The van der Waals surface area contributed by atoms with Crippen LogP contribution in [0.4, 0.5) is 0 Å². The van der Waals surface area contributed by atoms with E-state index in [9.17, 15) is 4.79 Å². The first-order valence-electron chi connectivity index (χ1n) is 5.97. The SMILES string of the molecule is COC(=O)/C=C\C(C)c1c(C)[nH]c2ccccc12. The molecule has 1 atom stereocenters. The summed E-state index contributed by atoms with van der Waals surface area (Å²) in [5, 5.41) is 1.21. The minimum absolute atomic E-state index is 0.167. The van der Waals surface area contributed by atoms with Crippen LogP contribution in [-0.2, 0) is 9.53 Å². The molecule has 0 saturated carbocycles. The van der Waals surface area contributed by atoms with Gasteiger partial charge in [-0.2, -0.15) is 0 Å². The van der Waals surface area contributed by atoms with Crippen molar-refractivity contribution < 1.29 is 9.53 Å². The van der Waals surface area contributed by atoms with Gasteiger partial charge >= 0.3 is 5.97 Å². The molecule has 3 heteroatoms. The molecule has 2 rings (SSSR count). The maximum absolute atomic E-state index is 11.1. The summed E-state index contributed by atoms with van der Waals surface area (Å²) in [5.74, 6) is -0.153. The number of esters is 1. The van der Waals surface area contributed by atoms with Crippen molar-refractivity contribution in [3.8, 4) is 0 Å². The highest BCUT2D eigenvalue weighted by Gasteiger charge is 2.12. The minimum Gasteiger partial charge on any atom is -0.466 e. The van der Waals surface area contributed by atoms with Crippen LogP contribution in [0.5, 0.6) is 0 Å². The molecule has 94 valence electrons. The van der Waals surface area contributed by atoms with E-state index in [-0.39, 0.29) is 11.9 Å². The van der Waals surface area contributed by atoms with E-state index in [2.05, 4.69) is 35.7 Å². The first-order valence-corrected chi connectivity index (χ1v) is 5.97. The Labute approximate surface area is 106 Å². The zero-order valence-electron chi connectivity index (χ0n) is 10.9. The molecule has 0 spiro atoms. The average Bonchev–Trinajstić information content (AvgIpc) is 2.71. The Morgan fingerprint density at radius 2 is 2.11 bits per heavy atom. The van der Waals surface area contributed by atoms with Crippen LogP contribution in [0.15, 0.2) is 36.4 Å². The molecule has 0 aliphatic rings. The number of aromatic nitrogens is 1. The molecule has 0 saturated heterocycles. The second-order valence-corrected chi connectivity index (χ2v) is 4.38. The number of hydrogen-bond donors (Lipinski definition) is 1. The second kappa shape index (κ2) is 5.08. The van der Waals surface area contributed by atoms with Gasteiger partial charge in [0.1, 0.15) is 0 Å². The van der Waals surface area contributed by atoms with Gasteiger partial charge in [-0.05, 0) is 18.6 Å². The summed E-state index contributed by atoms with van der Waals surface area (Å²) < 4.78 is 4.60. The number of para-hydroxylation sites is 1. The molecule has 0 amide bonds. The number of H-pyrrole nitrogens is 1. The predicted molar refractivity (Wildman–Crippen MR) is 72.6 cm³/mol. The number of allylic oxidation sites excluding steroid dienone is 1. The van der Waals surface area contributed by atoms with Gasteiger partial charge < -0.3 is 9.72 Å². The van der Waals surface area contributed by atoms with Gasteiger partial charge in [0.05, 0.1) is 7.11 Å². The molecule has 0 aliphatic carbocycles. The van der Waals surface area contributed by atoms with Crippen LogP contribution in [0, 0.1) is 6.92 Å². The number of hydrogen-bond acceptors (Lipinski definition) is 2. The highest BCUT2D eigenvalue weighted by atomic mass is 16.5. The van der Waals surface area contributed by atoms with E-state index >= 15 is 0 Å². The highest BCUT2D eigenvalue weighted by Crippen LogP contribution is 2.29. The van der Waals surface area contributed by atoms with E-state index in [1.165, 1.54) is 24.1 Å². The summed E-state index contributed by atoms with van der Waals surface area (Å²) in [6, 6.07) is 8.19. The number of fused-ring (bicyclic) bond motifs is 1. The molecule has 18 heavy (non-hydrogen) atoms. The van der Waals surface area contributed by atoms with Crippen molar-refractivity contribution in [1.29, 1.82) is 0 Å². The summed E-state index contributed by atoms with van der Waals surface area (Å²) in [5.41, 5.74) is 3.49. The Balaban J connectivity index is 2.38. The topological polar surface area (TPSA) is 42.1 Å². The number of benzene rings is 1. The third-order valence-corrected chi connectivity index (χ3v) is 3.12. The fraction of sp³-hybridized carbons (Fsp3) is 0.267. The summed E-state index contributed by atoms with van der Waals surface area (Å²) in [6.45, 7) is 4.12. The van der Waals surface area contributed by atoms with Crippen molar-refractivity contribution in [3.05, 3.63) is 47.7 Å². The van der Waals surface area contributed by atoms with Gasteiger partial charge in [0, 0.05) is 28.6 Å². The van der Waals surface area contributed by atoms with Crippen molar-refractivity contribution in [2.45, 2.75) is 19.8 Å². The van der Waals surface area contributed by atoms with E-state index in [1.807, 2.05) is 18.2 Å². The average molecular weight is 243 g/mol. The monoisotopic (exact) mass is 243 g/mol. The zero-order chi connectivity index (χ0) is 13.1. The standard InChI is InChI=1S/C15H17NO2/c1-10(8-9-14(17)18-3)15-11(2)16-13-7-5-4-6-12(13)15/h4-10,16H,1-3H3/b9-8-. The molecule has 1 unspecified atom stereocenters. The lowest BCUT2D eigenvalue weighted by Gasteiger charge is -2.06. The van der Waals surface area contributed by atoms with Crippen LogP contribution in [0.3, 0.4) is 0 Å². The number of rotatable bonds is 3. The molecule has 1 aromatic heterocycles. The van der Waals surface area contributed by atoms with Crippen LogP contribution >= 0.6 is 0 Å². The lowest BCUT2D eigenvalue weighted by Crippen LogP contribution is -1.97. The van der Waals surface area contributed by atoms with Crippen molar-refractivity contribution in [2.24, 2.45) is 0 Å². The molecule has 1 aromatic carbocycles. The van der Waals surface area contributed by atoms with E-state index in [0.717, 1.165) is 11.2 Å². The van der Waals surface area contributed by atoms with Crippen molar-refractivity contribution in [3.63, 3.8) is 0 Å². The molecule has 0 radical (unpaired) electrons. The highest BCUT2D eigenvalue weighted by molar-refractivity contribution is 5.86.